The fourth-order valence-corrected chi connectivity index (χ4v) is 4.16. The first-order valence-corrected chi connectivity index (χ1v) is 11.0. The van der Waals surface area contributed by atoms with E-state index < -0.39 is 0 Å². The van der Waals surface area contributed by atoms with E-state index in [0.29, 0.717) is 18.7 Å². The molecule has 1 aliphatic heterocycles. The summed E-state index contributed by atoms with van der Waals surface area (Å²) in [5.41, 5.74) is 3.41. The van der Waals surface area contributed by atoms with Gasteiger partial charge in [0.25, 0.3) is 5.56 Å². The van der Waals surface area contributed by atoms with Gasteiger partial charge in [0.1, 0.15) is 0 Å². The molecule has 0 aliphatic carbocycles. The van der Waals surface area contributed by atoms with Gasteiger partial charge in [0.2, 0.25) is 0 Å². The Kier molecular flexibility index (Phi) is 6.67. The maximum atomic E-state index is 13.0. The molecule has 31 heavy (non-hydrogen) atoms. The van der Waals surface area contributed by atoms with E-state index >= 15 is 0 Å². The molecule has 2 aromatic carbocycles. The van der Waals surface area contributed by atoms with Crippen LogP contribution in [0.3, 0.4) is 0 Å². The van der Waals surface area contributed by atoms with E-state index in [1.165, 1.54) is 12.8 Å². The van der Waals surface area contributed by atoms with Gasteiger partial charge in [-0.3, -0.25) is 4.79 Å². The lowest BCUT2D eigenvalue weighted by Gasteiger charge is -2.26. The lowest BCUT2D eigenvalue weighted by molar-refractivity contribution is 0.184. The number of nitrogens with zero attached hydrogens (tertiary/aromatic N) is 2. The summed E-state index contributed by atoms with van der Waals surface area (Å²) in [7, 11) is 0. The predicted molar refractivity (Wildman–Crippen MR) is 124 cm³/mol. The Labute approximate surface area is 182 Å². The molecule has 0 spiro atoms. The van der Waals surface area contributed by atoms with Crippen LogP contribution < -0.4 is 10.9 Å². The van der Waals surface area contributed by atoms with E-state index in [1.807, 2.05) is 61.5 Å². The number of urea groups is 1. The van der Waals surface area contributed by atoms with Crippen molar-refractivity contribution in [1.29, 1.82) is 0 Å². The van der Waals surface area contributed by atoms with Crippen molar-refractivity contribution >= 4 is 16.9 Å². The summed E-state index contributed by atoms with van der Waals surface area (Å²) >= 11 is 0. The molecular weight excluding hydrogens is 388 g/mol. The molecule has 0 saturated carbocycles. The number of para-hydroxylation sites is 1. The van der Waals surface area contributed by atoms with Gasteiger partial charge in [-0.05, 0) is 55.4 Å². The summed E-state index contributed by atoms with van der Waals surface area (Å²) in [6, 6.07) is 17.6. The number of H-pyrrole nitrogens is 1. The average Bonchev–Trinajstić information content (AvgIpc) is 3.30. The number of aromatic nitrogens is 1. The summed E-state index contributed by atoms with van der Waals surface area (Å²) in [5.74, 6) is 0. The first-order chi connectivity index (χ1) is 15.1. The van der Waals surface area contributed by atoms with E-state index in [1.54, 1.807) is 4.90 Å². The largest absolute Gasteiger partial charge is 0.334 e. The van der Waals surface area contributed by atoms with Crippen molar-refractivity contribution in [3.63, 3.8) is 0 Å². The molecule has 1 saturated heterocycles. The van der Waals surface area contributed by atoms with Crippen LogP contribution in [-0.4, -0.2) is 47.0 Å². The molecule has 2 N–H and O–H groups in total. The predicted octanol–water partition coefficient (Wildman–Crippen LogP) is 3.64. The Balaban J connectivity index is 1.51. The summed E-state index contributed by atoms with van der Waals surface area (Å²) < 4.78 is 0. The van der Waals surface area contributed by atoms with E-state index in [4.69, 9.17) is 0 Å². The Hall–Kier alpha value is -3.12. The van der Waals surface area contributed by atoms with Crippen LogP contribution in [0.15, 0.2) is 59.4 Å². The number of aromatic amines is 1. The molecule has 0 radical (unpaired) electrons. The van der Waals surface area contributed by atoms with Crippen LogP contribution in [0.4, 0.5) is 4.79 Å². The van der Waals surface area contributed by atoms with E-state index in [-0.39, 0.29) is 18.1 Å². The number of carbonyl (C=O) groups excluding carboxylic acids is 1. The fourth-order valence-electron chi connectivity index (χ4n) is 4.16. The molecule has 1 aliphatic rings. The summed E-state index contributed by atoms with van der Waals surface area (Å²) in [6.45, 7) is 6.30. The van der Waals surface area contributed by atoms with Crippen LogP contribution in [0.25, 0.3) is 10.9 Å². The second kappa shape index (κ2) is 9.79. The van der Waals surface area contributed by atoms with Gasteiger partial charge in [-0.25, -0.2) is 4.79 Å². The third kappa shape index (κ3) is 5.33. The number of likely N-dealkylation sites (tertiary alicyclic amines) is 1. The van der Waals surface area contributed by atoms with Crippen LogP contribution in [0.2, 0.25) is 0 Å². The lowest BCUT2D eigenvalue weighted by atomic mass is 10.1. The summed E-state index contributed by atoms with van der Waals surface area (Å²) in [4.78, 5) is 32.9. The molecule has 162 valence electrons. The Bertz CT molecular complexity index is 1090. The van der Waals surface area contributed by atoms with Gasteiger partial charge in [-0.1, -0.05) is 48.5 Å². The molecule has 1 aromatic heterocycles. The fraction of sp³-hybridized carbons (Fsp3) is 0.360. The van der Waals surface area contributed by atoms with Crippen LogP contribution in [-0.2, 0) is 13.1 Å². The number of aryl methyl sites for hydroxylation is 1. The Morgan fingerprint density at radius 1 is 1.10 bits per heavy atom. The number of rotatable bonds is 7. The monoisotopic (exact) mass is 418 g/mol. The third-order valence-electron chi connectivity index (χ3n) is 5.98. The average molecular weight is 419 g/mol. The number of pyridine rings is 1. The smallest absolute Gasteiger partial charge is 0.318 e. The van der Waals surface area contributed by atoms with Crippen molar-refractivity contribution in [2.45, 2.75) is 32.9 Å². The van der Waals surface area contributed by atoms with E-state index in [9.17, 15) is 9.59 Å². The zero-order chi connectivity index (χ0) is 21.6. The number of hydrogen-bond donors (Lipinski definition) is 2. The molecule has 6 heteroatoms. The van der Waals surface area contributed by atoms with Gasteiger partial charge < -0.3 is 20.1 Å². The molecule has 2 heterocycles. The molecule has 0 bridgehead atoms. The van der Waals surface area contributed by atoms with Gasteiger partial charge in [0, 0.05) is 25.2 Å². The number of fused-ring (bicyclic) bond motifs is 1. The summed E-state index contributed by atoms with van der Waals surface area (Å²) in [6.07, 6.45) is 2.42. The van der Waals surface area contributed by atoms with Crippen LogP contribution in [0, 0.1) is 6.92 Å². The highest BCUT2D eigenvalue weighted by Crippen LogP contribution is 2.16. The van der Waals surface area contributed by atoms with Crippen LogP contribution in [0.5, 0.6) is 0 Å². The second-order valence-corrected chi connectivity index (χ2v) is 8.28. The maximum absolute atomic E-state index is 13.0. The van der Waals surface area contributed by atoms with Crippen molar-refractivity contribution < 1.29 is 4.79 Å². The molecule has 3 aromatic rings. The van der Waals surface area contributed by atoms with Gasteiger partial charge in [-0.2, -0.15) is 0 Å². The Morgan fingerprint density at radius 3 is 2.65 bits per heavy atom. The minimum atomic E-state index is -0.146. The van der Waals surface area contributed by atoms with Crippen molar-refractivity contribution in [2.75, 3.05) is 26.2 Å². The SMILES string of the molecule is Cc1cccc2cc(CN(CCN3CCCC3)C(=O)NCc3ccccc3)c(=O)[nH]c12. The number of hydrogen-bond acceptors (Lipinski definition) is 3. The quantitative estimate of drug-likeness (QED) is 0.616. The lowest BCUT2D eigenvalue weighted by Crippen LogP contribution is -2.43. The Morgan fingerprint density at radius 2 is 1.87 bits per heavy atom. The van der Waals surface area contributed by atoms with Crippen molar-refractivity contribution in [1.82, 2.24) is 20.1 Å². The maximum Gasteiger partial charge on any atom is 0.318 e. The van der Waals surface area contributed by atoms with Crippen molar-refractivity contribution in [3.8, 4) is 0 Å². The number of benzene rings is 2. The second-order valence-electron chi connectivity index (χ2n) is 8.28. The van der Waals surface area contributed by atoms with Crippen LogP contribution >= 0.6 is 0 Å². The number of nitrogens with one attached hydrogen (secondary N) is 2. The number of amides is 2. The first kappa shape index (κ1) is 21.1. The van der Waals surface area contributed by atoms with E-state index in [0.717, 1.165) is 41.7 Å². The topological polar surface area (TPSA) is 68.4 Å². The zero-order valence-corrected chi connectivity index (χ0v) is 18.1. The van der Waals surface area contributed by atoms with E-state index in [2.05, 4.69) is 15.2 Å². The third-order valence-corrected chi connectivity index (χ3v) is 5.98. The first-order valence-electron chi connectivity index (χ1n) is 11.0. The molecule has 4 rings (SSSR count). The molecule has 0 unspecified atom stereocenters. The molecule has 2 amide bonds. The van der Waals surface area contributed by atoms with Gasteiger partial charge >= 0.3 is 6.03 Å². The number of carbonyl (C=O) groups is 1. The molecular formula is C25H30N4O2. The highest BCUT2D eigenvalue weighted by molar-refractivity contribution is 5.82. The van der Waals surface area contributed by atoms with Crippen molar-refractivity contribution in [3.05, 3.63) is 81.6 Å². The van der Waals surface area contributed by atoms with Crippen LogP contribution in [0.1, 0.15) is 29.5 Å². The summed E-state index contributed by atoms with van der Waals surface area (Å²) in [5, 5.41) is 4.00. The molecule has 6 nitrogen and oxygen atoms in total. The van der Waals surface area contributed by atoms with Crippen molar-refractivity contribution in [2.24, 2.45) is 0 Å². The minimum Gasteiger partial charge on any atom is -0.334 e. The standard InChI is InChI=1S/C25H30N4O2/c1-19-8-7-11-21-16-22(24(30)27-23(19)21)18-29(15-14-28-12-5-6-13-28)25(31)26-17-20-9-3-2-4-10-20/h2-4,7-11,16H,5-6,12-15,17-18H2,1H3,(H,26,31)(H,27,30). The molecule has 0 atom stereocenters. The highest BCUT2D eigenvalue weighted by Gasteiger charge is 2.19. The highest BCUT2D eigenvalue weighted by atomic mass is 16.2. The zero-order valence-electron chi connectivity index (χ0n) is 18.1. The normalized spacial score (nSPS) is 14.1. The molecule has 1 fully saturated rings. The van der Waals surface area contributed by atoms with Gasteiger partial charge in [0.05, 0.1) is 12.1 Å². The van der Waals surface area contributed by atoms with Gasteiger partial charge in [0.15, 0.2) is 0 Å². The van der Waals surface area contributed by atoms with Gasteiger partial charge in [-0.15, -0.1) is 0 Å². The minimum absolute atomic E-state index is 0.135.